The molecule has 1 atom stereocenters. The first-order valence-corrected chi connectivity index (χ1v) is 10.3. The molecular formula is C20H17BrF2N2OS. The van der Waals surface area contributed by atoms with Gasteiger partial charge in [0.1, 0.15) is 11.5 Å². The average molecular weight is 451 g/mol. The summed E-state index contributed by atoms with van der Waals surface area (Å²) in [6.45, 7) is 1.40. The van der Waals surface area contributed by atoms with Crippen LogP contribution in [0.4, 0.5) is 14.5 Å². The Bertz CT molecular complexity index is 1020. The largest absolute Gasteiger partial charge is 0.376 e. The van der Waals surface area contributed by atoms with Crippen LogP contribution in [0.15, 0.2) is 57.3 Å². The number of ether oxygens (including phenoxy) is 1. The third kappa shape index (κ3) is 4.05. The van der Waals surface area contributed by atoms with Crippen LogP contribution in [0, 0.1) is 11.6 Å². The molecule has 0 N–H and O–H groups in total. The summed E-state index contributed by atoms with van der Waals surface area (Å²) in [5, 5.41) is 2.01. The Morgan fingerprint density at radius 3 is 2.81 bits per heavy atom. The summed E-state index contributed by atoms with van der Waals surface area (Å²) in [6, 6.07) is 11.4. The highest BCUT2D eigenvalue weighted by Crippen LogP contribution is 2.29. The monoisotopic (exact) mass is 450 g/mol. The van der Waals surface area contributed by atoms with Crippen LogP contribution >= 0.6 is 27.3 Å². The van der Waals surface area contributed by atoms with Crippen molar-refractivity contribution in [2.24, 2.45) is 4.99 Å². The van der Waals surface area contributed by atoms with Crippen molar-refractivity contribution in [2.45, 2.75) is 25.5 Å². The molecule has 1 aliphatic rings. The average Bonchev–Trinajstić information content (AvgIpc) is 3.29. The van der Waals surface area contributed by atoms with Gasteiger partial charge in [0.15, 0.2) is 10.6 Å². The number of benzene rings is 2. The number of halogens is 3. The van der Waals surface area contributed by atoms with Crippen LogP contribution in [-0.2, 0) is 11.3 Å². The second kappa shape index (κ2) is 8.04. The molecule has 27 heavy (non-hydrogen) atoms. The molecule has 4 rings (SSSR count). The zero-order chi connectivity index (χ0) is 18.8. The van der Waals surface area contributed by atoms with Gasteiger partial charge < -0.3 is 9.30 Å². The lowest BCUT2D eigenvalue weighted by Crippen LogP contribution is -2.24. The van der Waals surface area contributed by atoms with Crippen LogP contribution in [0.3, 0.4) is 0 Å². The zero-order valence-corrected chi connectivity index (χ0v) is 16.8. The molecule has 3 nitrogen and oxygen atoms in total. The second-order valence-corrected chi connectivity index (χ2v) is 8.03. The van der Waals surface area contributed by atoms with E-state index in [1.807, 2.05) is 29.6 Å². The lowest BCUT2D eigenvalue weighted by Gasteiger charge is -2.14. The lowest BCUT2D eigenvalue weighted by molar-refractivity contribution is 0.0968. The number of aromatic nitrogens is 1. The van der Waals surface area contributed by atoms with Crippen LogP contribution in [0.25, 0.3) is 11.3 Å². The van der Waals surface area contributed by atoms with Gasteiger partial charge in [-0.2, -0.15) is 0 Å². The van der Waals surface area contributed by atoms with Gasteiger partial charge in [0, 0.05) is 28.1 Å². The van der Waals surface area contributed by atoms with Gasteiger partial charge in [0.05, 0.1) is 18.3 Å². The van der Waals surface area contributed by atoms with Gasteiger partial charge in [0.25, 0.3) is 0 Å². The predicted octanol–water partition coefficient (Wildman–Crippen LogP) is 5.67. The van der Waals surface area contributed by atoms with E-state index < -0.39 is 11.6 Å². The molecule has 0 saturated carbocycles. The molecule has 1 fully saturated rings. The number of thiazole rings is 1. The fraction of sp³-hybridized carbons (Fsp3) is 0.250. The Kier molecular flexibility index (Phi) is 5.52. The van der Waals surface area contributed by atoms with Crippen molar-refractivity contribution >= 4 is 33.0 Å². The smallest absolute Gasteiger partial charge is 0.190 e. The summed E-state index contributed by atoms with van der Waals surface area (Å²) in [5.74, 6) is -1.28. The standard InChI is InChI=1S/C20H17BrF2N2OS/c21-16-6-2-1-5-15(16)19-12-27-20(25(19)11-14-4-3-9-26-14)24-18-8-7-13(22)10-17(18)23/h1-2,5-8,10,12,14H,3-4,9,11H2. The fourth-order valence-electron chi connectivity index (χ4n) is 3.15. The van der Waals surface area contributed by atoms with E-state index in [-0.39, 0.29) is 11.8 Å². The van der Waals surface area contributed by atoms with Crippen molar-refractivity contribution in [3.8, 4) is 11.3 Å². The summed E-state index contributed by atoms with van der Waals surface area (Å²) in [6.07, 6.45) is 2.14. The van der Waals surface area contributed by atoms with Gasteiger partial charge in [-0.3, -0.25) is 0 Å². The van der Waals surface area contributed by atoms with Gasteiger partial charge in [-0.05, 0) is 31.0 Å². The molecule has 0 amide bonds. The minimum atomic E-state index is -0.672. The van der Waals surface area contributed by atoms with E-state index >= 15 is 0 Å². The number of hydrogen-bond acceptors (Lipinski definition) is 3. The molecule has 0 aliphatic carbocycles. The first-order valence-electron chi connectivity index (χ1n) is 8.66. The highest BCUT2D eigenvalue weighted by atomic mass is 79.9. The number of hydrogen-bond donors (Lipinski definition) is 0. The van der Waals surface area contributed by atoms with Gasteiger partial charge in [-0.1, -0.05) is 34.1 Å². The van der Waals surface area contributed by atoms with E-state index in [0.29, 0.717) is 11.3 Å². The maximum atomic E-state index is 14.1. The molecule has 0 bridgehead atoms. The van der Waals surface area contributed by atoms with Gasteiger partial charge in [0.2, 0.25) is 0 Å². The Morgan fingerprint density at radius 1 is 1.22 bits per heavy atom. The number of nitrogens with zero attached hydrogens (tertiary/aromatic N) is 2. The van der Waals surface area contributed by atoms with Crippen LogP contribution in [0.2, 0.25) is 0 Å². The lowest BCUT2D eigenvalue weighted by atomic mass is 10.1. The maximum Gasteiger partial charge on any atom is 0.190 e. The highest BCUT2D eigenvalue weighted by molar-refractivity contribution is 9.10. The first-order chi connectivity index (χ1) is 13.1. The van der Waals surface area contributed by atoms with Crippen molar-refractivity contribution < 1.29 is 13.5 Å². The summed E-state index contributed by atoms with van der Waals surface area (Å²) in [4.78, 5) is 5.12. The molecule has 2 heterocycles. The van der Waals surface area contributed by atoms with Crippen LogP contribution in [0.1, 0.15) is 12.8 Å². The molecule has 1 aromatic heterocycles. The zero-order valence-electron chi connectivity index (χ0n) is 14.4. The minimum absolute atomic E-state index is 0.109. The molecule has 7 heteroatoms. The molecule has 0 spiro atoms. The van der Waals surface area contributed by atoms with Gasteiger partial charge >= 0.3 is 0 Å². The maximum absolute atomic E-state index is 14.1. The van der Waals surface area contributed by atoms with Crippen molar-refractivity contribution in [2.75, 3.05) is 6.61 Å². The van der Waals surface area contributed by atoms with Gasteiger partial charge in [-0.15, -0.1) is 11.3 Å². The fourth-order valence-corrected chi connectivity index (χ4v) is 4.56. The molecule has 1 aliphatic heterocycles. The SMILES string of the molecule is Fc1ccc(N=c2scc(-c3ccccc3Br)n2CC2CCCO2)c(F)c1. The Hall–Kier alpha value is -1.83. The second-order valence-electron chi connectivity index (χ2n) is 6.34. The molecule has 140 valence electrons. The molecular weight excluding hydrogens is 434 g/mol. The Labute approximate surface area is 168 Å². The first kappa shape index (κ1) is 18.5. The van der Waals surface area contributed by atoms with Crippen LogP contribution in [-0.4, -0.2) is 17.3 Å². The minimum Gasteiger partial charge on any atom is -0.376 e. The number of rotatable bonds is 4. The van der Waals surface area contributed by atoms with E-state index in [9.17, 15) is 8.78 Å². The summed E-state index contributed by atoms with van der Waals surface area (Å²) >= 11 is 5.03. The molecule has 0 radical (unpaired) electrons. The van der Waals surface area contributed by atoms with E-state index in [2.05, 4.69) is 25.5 Å². The summed E-state index contributed by atoms with van der Waals surface area (Å²) < 4.78 is 36.1. The topological polar surface area (TPSA) is 26.5 Å². The molecule has 1 saturated heterocycles. The normalized spacial score (nSPS) is 17.6. The van der Waals surface area contributed by atoms with Crippen LogP contribution in [0.5, 0.6) is 0 Å². The van der Waals surface area contributed by atoms with E-state index in [1.165, 1.54) is 23.5 Å². The van der Waals surface area contributed by atoms with E-state index in [1.54, 1.807) is 0 Å². The van der Waals surface area contributed by atoms with Crippen molar-refractivity contribution in [3.05, 3.63) is 68.8 Å². The quantitative estimate of drug-likeness (QED) is 0.502. The summed E-state index contributed by atoms with van der Waals surface area (Å²) in [7, 11) is 0. The Balaban J connectivity index is 1.84. The molecule has 2 aromatic carbocycles. The molecule has 1 unspecified atom stereocenters. The van der Waals surface area contributed by atoms with Gasteiger partial charge in [-0.25, -0.2) is 13.8 Å². The molecule has 3 aromatic rings. The predicted molar refractivity (Wildman–Crippen MR) is 106 cm³/mol. The van der Waals surface area contributed by atoms with E-state index in [0.717, 1.165) is 41.2 Å². The summed E-state index contributed by atoms with van der Waals surface area (Å²) in [5.41, 5.74) is 2.15. The van der Waals surface area contributed by atoms with Crippen molar-refractivity contribution in [1.29, 1.82) is 0 Å². The van der Waals surface area contributed by atoms with E-state index in [4.69, 9.17) is 4.74 Å². The Morgan fingerprint density at radius 2 is 2.07 bits per heavy atom. The third-order valence-electron chi connectivity index (χ3n) is 4.48. The van der Waals surface area contributed by atoms with Crippen molar-refractivity contribution in [3.63, 3.8) is 0 Å². The van der Waals surface area contributed by atoms with Crippen molar-refractivity contribution in [1.82, 2.24) is 4.57 Å². The highest BCUT2D eigenvalue weighted by Gasteiger charge is 2.20. The van der Waals surface area contributed by atoms with Crippen LogP contribution < -0.4 is 4.80 Å². The third-order valence-corrected chi connectivity index (χ3v) is 6.04.